The molecule has 2 aromatic rings. The van der Waals surface area contributed by atoms with Crippen molar-refractivity contribution < 1.29 is 0 Å². The van der Waals surface area contributed by atoms with E-state index in [0.29, 0.717) is 0 Å². The quantitative estimate of drug-likeness (QED) is 0.886. The van der Waals surface area contributed by atoms with Gasteiger partial charge < -0.3 is 5.32 Å². The van der Waals surface area contributed by atoms with Gasteiger partial charge >= 0.3 is 0 Å². The number of aromatic nitrogens is 2. The largest absolute Gasteiger partial charge is 0.378 e. The summed E-state index contributed by atoms with van der Waals surface area (Å²) in [5.74, 6) is 0. The lowest BCUT2D eigenvalue weighted by atomic mass is 10.2. The maximum absolute atomic E-state index is 4.20. The molecule has 0 aliphatic heterocycles. The van der Waals surface area contributed by atoms with Crippen molar-refractivity contribution in [2.24, 2.45) is 0 Å². The molecule has 0 radical (unpaired) electrons. The number of halogens is 1. The van der Waals surface area contributed by atoms with Crippen LogP contribution in [0.5, 0.6) is 0 Å². The highest BCUT2D eigenvalue weighted by molar-refractivity contribution is 5.85. The minimum atomic E-state index is 0. The molecule has 0 fully saturated rings. The van der Waals surface area contributed by atoms with Gasteiger partial charge in [-0.05, 0) is 12.5 Å². The minimum Gasteiger partial charge on any atom is -0.378 e. The van der Waals surface area contributed by atoms with Crippen LogP contribution in [0, 0.1) is 0 Å². The van der Waals surface area contributed by atoms with Crippen LogP contribution in [0.15, 0.2) is 42.7 Å². The van der Waals surface area contributed by atoms with Crippen LogP contribution in [-0.4, -0.2) is 9.78 Å². The van der Waals surface area contributed by atoms with Crippen molar-refractivity contribution in [1.82, 2.24) is 9.78 Å². The fraction of sp³-hybridized carbons (Fsp3) is 0.250. The highest BCUT2D eigenvalue weighted by Gasteiger charge is 1.96. The Morgan fingerprint density at radius 1 is 1.25 bits per heavy atom. The average Bonchev–Trinajstić information content (AvgIpc) is 2.76. The van der Waals surface area contributed by atoms with Crippen LogP contribution in [-0.2, 0) is 13.1 Å². The molecule has 0 unspecified atom stereocenters. The van der Waals surface area contributed by atoms with Crippen LogP contribution >= 0.6 is 12.4 Å². The fourth-order valence-corrected chi connectivity index (χ4v) is 1.43. The molecule has 0 atom stereocenters. The summed E-state index contributed by atoms with van der Waals surface area (Å²) >= 11 is 0. The van der Waals surface area contributed by atoms with Crippen LogP contribution in [0.25, 0.3) is 0 Å². The first-order valence-electron chi connectivity index (χ1n) is 5.18. The van der Waals surface area contributed by atoms with E-state index < -0.39 is 0 Å². The second kappa shape index (κ2) is 6.18. The topological polar surface area (TPSA) is 29.9 Å². The summed E-state index contributed by atoms with van der Waals surface area (Å²) in [5.41, 5.74) is 2.35. The van der Waals surface area contributed by atoms with E-state index in [2.05, 4.69) is 29.5 Å². The van der Waals surface area contributed by atoms with Crippen molar-refractivity contribution in [1.29, 1.82) is 0 Å². The summed E-state index contributed by atoms with van der Waals surface area (Å²) in [5, 5.41) is 7.53. The van der Waals surface area contributed by atoms with Crippen molar-refractivity contribution in [3.05, 3.63) is 48.3 Å². The molecule has 1 aromatic carbocycles. The first-order chi connectivity index (χ1) is 7.38. The van der Waals surface area contributed by atoms with E-state index in [1.54, 1.807) is 0 Å². The summed E-state index contributed by atoms with van der Waals surface area (Å²) < 4.78 is 1.91. The molecule has 0 bridgehead atoms. The zero-order valence-electron chi connectivity index (χ0n) is 9.26. The highest BCUT2D eigenvalue weighted by atomic mass is 35.5. The first kappa shape index (κ1) is 12.6. The number of hydrogen-bond acceptors (Lipinski definition) is 2. The molecule has 1 aromatic heterocycles. The fourth-order valence-electron chi connectivity index (χ4n) is 1.43. The minimum absolute atomic E-state index is 0. The second-order valence-corrected chi connectivity index (χ2v) is 3.42. The number of rotatable bonds is 4. The third-order valence-corrected chi connectivity index (χ3v) is 2.30. The van der Waals surface area contributed by atoms with E-state index in [4.69, 9.17) is 0 Å². The molecule has 1 N–H and O–H groups in total. The second-order valence-electron chi connectivity index (χ2n) is 3.42. The normalized spacial score (nSPS) is 9.56. The molecule has 0 saturated carbocycles. The van der Waals surface area contributed by atoms with Crippen molar-refractivity contribution in [2.45, 2.75) is 20.0 Å². The summed E-state index contributed by atoms with van der Waals surface area (Å²) in [7, 11) is 0. The maximum atomic E-state index is 4.20. The Morgan fingerprint density at radius 3 is 2.62 bits per heavy atom. The molecule has 2 rings (SSSR count). The molecule has 0 aliphatic rings. The molecule has 3 nitrogen and oxygen atoms in total. The molecule has 0 aliphatic carbocycles. The van der Waals surface area contributed by atoms with Gasteiger partial charge in [-0.1, -0.05) is 30.3 Å². The molecular weight excluding hydrogens is 222 g/mol. The molecule has 0 saturated heterocycles. The van der Waals surface area contributed by atoms with Crippen molar-refractivity contribution in [2.75, 3.05) is 5.32 Å². The Hall–Kier alpha value is -1.48. The maximum Gasteiger partial charge on any atom is 0.0729 e. The monoisotopic (exact) mass is 237 g/mol. The molecule has 86 valence electrons. The van der Waals surface area contributed by atoms with E-state index in [9.17, 15) is 0 Å². The van der Waals surface area contributed by atoms with Gasteiger partial charge in [0, 0.05) is 19.3 Å². The molecule has 0 amide bonds. The van der Waals surface area contributed by atoms with Gasteiger partial charge in [0.2, 0.25) is 0 Å². The highest BCUT2D eigenvalue weighted by Crippen LogP contribution is 2.07. The number of anilines is 1. The van der Waals surface area contributed by atoms with Gasteiger partial charge in [0.1, 0.15) is 0 Å². The summed E-state index contributed by atoms with van der Waals surface area (Å²) in [6.45, 7) is 3.83. The van der Waals surface area contributed by atoms with Gasteiger partial charge in [-0.3, -0.25) is 4.68 Å². The van der Waals surface area contributed by atoms with E-state index in [0.717, 1.165) is 18.8 Å². The summed E-state index contributed by atoms with van der Waals surface area (Å²) in [6, 6.07) is 10.3. The molecular formula is C12H16ClN3. The smallest absolute Gasteiger partial charge is 0.0729 e. The summed E-state index contributed by atoms with van der Waals surface area (Å²) in [6.07, 6.45) is 3.87. The Balaban J connectivity index is 0.00000128. The van der Waals surface area contributed by atoms with E-state index in [-0.39, 0.29) is 12.4 Å². The van der Waals surface area contributed by atoms with Crippen LogP contribution in [0.1, 0.15) is 12.5 Å². The number of benzene rings is 1. The Bertz CT molecular complexity index is 411. The zero-order valence-corrected chi connectivity index (χ0v) is 10.1. The molecule has 0 spiro atoms. The van der Waals surface area contributed by atoms with Crippen LogP contribution in [0.4, 0.5) is 5.69 Å². The van der Waals surface area contributed by atoms with Crippen molar-refractivity contribution >= 4 is 18.1 Å². The van der Waals surface area contributed by atoms with Crippen LogP contribution in [0.2, 0.25) is 0 Å². The average molecular weight is 238 g/mol. The van der Waals surface area contributed by atoms with E-state index >= 15 is 0 Å². The summed E-state index contributed by atoms with van der Waals surface area (Å²) in [4.78, 5) is 0. The van der Waals surface area contributed by atoms with Gasteiger partial charge in [0.25, 0.3) is 0 Å². The predicted octanol–water partition coefficient (Wildman–Crippen LogP) is 2.94. The van der Waals surface area contributed by atoms with Crippen LogP contribution < -0.4 is 5.32 Å². The molecule has 16 heavy (non-hydrogen) atoms. The van der Waals surface area contributed by atoms with Gasteiger partial charge in [-0.2, -0.15) is 5.10 Å². The molecule has 1 heterocycles. The standard InChI is InChI=1S/C12H15N3.ClH/c1-2-15-10-12(9-14-15)13-8-11-6-4-3-5-7-11;/h3-7,9-10,13H,2,8H2,1H3;1H. The Labute approximate surface area is 102 Å². The van der Waals surface area contributed by atoms with Crippen molar-refractivity contribution in [3.63, 3.8) is 0 Å². The third-order valence-electron chi connectivity index (χ3n) is 2.30. The van der Waals surface area contributed by atoms with Crippen molar-refractivity contribution in [3.8, 4) is 0 Å². The third kappa shape index (κ3) is 3.28. The zero-order chi connectivity index (χ0) is 10.5. The van der Waals surface area contributed by atoms with E-state index in [1.807, 2.05) is 35.3 Å². The lowest BCUT2D eigenvalue weighted by molar-refractivity contribution is 0.660. The van der Waals surface area contributed by atoms with Gasteiger partial charge in [-0.25, -0.2) is 0 Å². The first-order valence-corrected chi connectivity index (χ1v) is 5.18. The number of aryl methyl sites for hydroxylation is 1. The SMILES string of the molecule is CCn1cc(NCc2ccccc2)cn1.Cl. The molecule has 4 heteroatoms. The van der Waals surface area contributed by atoms with Gasteiger partial charge in [0.15, 0.2) is 0 Å². The van der Waals surface area contributed by atoms with Gasteiger partial charge in [-0.15, -0.1) is 12.4 Å². The number of hydrogen-bond donors (Lipinski definition) is 1. The lowest BCUT2D eigenvalue weighted by Crippen LogP contribution is -1.98. The Kier molecular flexibility index (Phi) is 4.86. The predicted molar refractivity (Wildman–Crippen MR) is 68.9 cm³/mol. The Morgan fingerprint density at radius 2 is 2.00 bits per heavy atom. The number of nitrogens with zero attached hydrogens (tertiary/aromatic N) is 2. The van der Waals surface area contributed by atoms with Crippen LogP contribution in [0.3, 0.4) is 0 Å². The number of nitrogens with one attached hydrogen (secondary N) is 1. The van der Waals surface area contributed by atoms with Gasteiger partial charge in [0.05, 0.1) is 11.9 Å². The van der Waals surface area contributed by atoms with E-state index in [1.165, 1.54) is 5.56 Å². The lowest BCUT2D eigenvalue weighted by Gasteiger charge is -2.02.